The highest BCUT2D eigenvalue weighted by Gasteiger charge is 2.10. The molecule has 0 aliphatic heterocycles. The summed E-state index contributed by atoms with van der Waals surface area (Å²) in [6.45, 7) is 1.99. The summed E-state index contributed by atoms with van der Waals surface area (Å²) in [4.78, 5) is 7.73. The van der Waals surface area contributed by atoms with Crippen molar-refractivity contribution < 1.29 is 12.6 Å². The molecule has 0 bridgehead atoms. The van der Waals surface area contributed by atoms with Crippen LogP contribution in [0.1, 0.15) is 5.56 Å². The van der Waals surface area contributed by atoms with E-state index >= 15 is 0 Å². The van der Waals surface area contributed by atoms with Crippen LogP contribution >= 0.6 is 34.8 Å². The van der Waals surface area contributed by atoms with Crippen molar-refractivity contribution in [1.82, 2.24) is 9.97 Å². The number of aryl methyl sites for hydroxylation is 1. The molecule has 0 amide bonds. The molecule has 21 heavy (non-hydrogen) atoms. The third-order valence-corrected chi connectivity index (χ3v) is 2.96. The van der Waals surface area contributed by atoms with Gasteiger partial charge in [-0.05, 0) is 36.2 Å². The number of nitrogens with zero attached hydrogens (tertiary/aromatic N) is 2. The maximum absolute atomic E-state index is 8.44. The van der Waals surface area contributed by atoms with Crippen molar-refractivity contribution >= 4 is 56.9 Å². The van der Waals surface area contributed by atoms with E-state index in [-0.39, 0.29) is 15.5 Å². The lowest BCUT2D eigenvalue weighted by molar-refractivity contribution is 0.559. The van der Waals surface area contributed by atoms with Crippen molar-refractivity contribution in [2.24, 2.45) is 0 Å². The Bertz CT molecular complexity index is 747. The predicted octanol–water partition coefficient (Wildman–Crippen LogP) is 3.48. The van der Waals surface area contributed by atoms with Gasteiger partial charge in [0.25, 0.3) is 0 Å². The fourth-order valence-corrected chi connectivity index (χ4v) is 1.85. The molecule has 1 heterocycles. The van der Waals surface area contributed by atoms with E-state index in [0.29, 0.717) is 5.82 Å². The van der Waals surface area contributed by atoms with Crippen LogP contribution in [0, 0.1) is 6.92 Å². The number of nitrogens with one attached hydrogen (secondary N) is 1. The molecule has 0 aliphatic carbocycles. The zero-order chi connectivity index (χ0) is 16.0. The van der Waals surface area contributed by atoms with E-state index in [4.69, 9.17) is 47.4 Å². The third-order valence-electron chi connectivity index (χ3n) is 2.06. The van der Waals surface area contributed by atoms with Crippen molar-refractivity contribution in [2.45, 2.75) is 6.92 Å². The van der Waals surface area contributed by atoms with Crippen molar-refractivity contribution in [3.8, 4) is 0 Å². The van der Waals surface area contributed by atoms with Gasteiger partial charge in [0.15, 0.2) is 11.0 Å². The molecular weight excluding hydrogens is 361 g/mol. The maximum Gasteiger partial charge on any atom is 0.425 e. The molecule has 0 saturated heterocycles. The second-order valence-corrected chi connectivity index (χ2v) is 5.13. The first-order chi connectivity index (χ1) is 9.79. The molecule has 6 nitrogen and oxygen atoms in total. The zero-order valence-corrected chi connectivity index (χ0v) is 13.6. The molecule has 0 aliphatic rings. The quantitative estimate of drug-likeness (QED) is 0.645. The van der Waals surface area contributed by atoms with Crippen molar-refractivity contribution in [2.75, 3.05) is 5.32 Å². The number of anilines is 2. The Labute approximate surface area is 137 Å². The topological polar surface area (TPSA) is 89.0 Å². The van der Waals surface area contributed by atoms with Crippen LogP contribution in [0.2, 0.25) is 15.5 Å². The first-order valence-corrected chi connectivity index (χ1v) is 7.42. The van der Waals surface area contributed by atoms with Crippen molar-refractivity contribution in [3.63, 3.8) is 0 Å². The summed E-state index contributed by atoms with van der Waals surface area (Å²) < 4.78 is 25.3. The van der Waals surface area contributed by atoms with Gasteiger partial charge in [-0.15, -0.1) is 12.6 Å². The van der Waals surface area contributed by atoms with Crippen LogP contribution in [0.25, 0.3) is 0 Å². The Balaban J connectivity index is 0.000000491. The molecule has 1 N–H and O–H groups in total. The first kappa shape index (κ1) is 17.6. The molecule has 0 spiro atoms. The number of hydrogen-bond acceptors (Lipinski definition) is 6. The van der Waals surface area contributed by atoms with Gasteiger partial charge >= 0.3 is 10.6 Å². The third kappa shape index (κ3) is 6.26. The van der Waals surface area contributed by atoms with E-state index in [2.05, 4.69) is 15.3 Å². The summed E-state index contributed by atoms with van der Waals surface area (Å²) >= 11 is 17.5. The van der Waals surface area contributed by atoms with Crippen LogP contribution in [0.3, 0.4) is 0 Å². The van der Waals surface area contributed by atoms with E-state index < -0.39 is 10.6 Å². The highest BCUT2D eigenvalue weighted by Crippen LogP contribution is 2.30. The lowest BCUT2D eigenvalue weighted by Crippen LogP contribution is -1.97. The number of halogens is 3. The number of aromatic nitrogens is 2. The van der Waals surface area contributed by atoms with Gasteiger partial charge < -0.3 is 5.32 Å². The molecule has 0 saturated carbocycles. The Morgan fingerprint density at radius 2 is 1.71 bits per heavy atom. The lowest BCUT2D eigenvalue weighted by Gasteiger charge is -2.08. The van der Waals surface area contributed by atoms with E-state index in [1.807, 2.05) is 31.2 Å². The smallest absolute Gasteiger partial charge is 0.339 e. The number of benzene rings is 1. The molecular formula is C11H8Cl3N3O3S. The fraction of sp³-hybridized carbons (Fsp3) is 0.0909. The molecule has 0 unspecified atom stereocenters. The summed E-state index contributed by atoms with van der Waals surface area (Å²) in [7, 11) is -3.11. The second-order valence-electron chi connectivity index (χ2n) is 3.64. The summed E-state index contributed by atoms with van der Waals surface area (Å²) in [5.74, 6) is 0.391. The largest absolute Gasteiger partial charge is 0.425 e. The zero-order valence-electron chi connectivity index (χ0n) is 10.5. The van der Waals surface area contributed by atoms with Crippen LogP contribution in [0.4, 0.5) is 11.5 Å². The normalized spacial score (nSPS) is 9.52. The minimum atomic E-state index is -3.11. The average Bonchev–Trinajstić information content (AvgIpc) is 2.34. The van der Waals surface area contributed by atoms with Gasteiger partial charge in [-0.2, -0.15) is 4.98 Å². The molecule has 0 atom stereocenters. The molecule has 10 heteroatoms. The van der Waals surface area contributed by atoms with E-state index in [1.165, 1.54) is 0 Å². The summed E-state index contributed by atoms with van der Waals surface area (Å²) in [5, 5.41) is 3.47. The highest BCUT2D eigenvalue weighted by atomic mass is 35.5. The number of hydrogen-bond donors (Lipinski definition) is 1. The van der Waals surface area contributed by atoms with Gasteiger partial charge in [0, 0.05) is 5.69 Å². The van der Waals surface area contributed by atoms with Gasteiger partial charge in [0.2, 0.25) is 5.28 Å². The van der Waals surface area contributed by atoms with Gasteiger partial charge in [0.05, 0.1) is 0 Å². The summed E-state index contributed by atoms with van der Waals surface area (Å²) in [5.41, 5.74) is 1.98. The lowest BCUT2D eigenvalue weighted by atomic mass is 10.2. The van der Waals surface area contributed by atoms with Gasteiger partial charge in [-0.1, -0.05) is 35.3 Å². The minimum absolute atomic E-state index is 0.0505. The fourth-order valence-electron chi connectivity index (χ4n) is 1.34. The minimum Gasteiger partial charge on any atom is -0.339 e. The monoisotopic (exact) mass is 367 g/mol. The first-order valence-electron chi connectivity index (χ1n) is 5.28. The van der Waals surface area contributed by atoms with Gasteiger partial charge in [-0.3, -0.25) is 0 Å². The molecule has 1 aromatic carbocycles. The molecule has 2 rings (SSSR count). The number of rotatable bonds is 2. The van der Waals surface area contributed by atoms with Crippen LogP contribution in [0.15, 0.2) is 24.3 Å². The van der Waals surface area contributed by atoms with E-state index in [0.717, 1.165) is 11.3 Å². The summed E-state index contributed by atoms with van der Waals surface area (Å²) in [6, 6.07) is 7.77. The van der Waals surface area contributed by atoms with E-state index in [9.17, 15) is 0 Å². The maximum atomic E-state index is 8.44. The average molecular weight is 369 g/mol. The van der Waals surface area contributed by atoms with Crippen molar-refractivity contribution in [1.29, 1.82) is 0 Å². The molecule has 0 radical (unpaired) electrons. The highest BCUT2D eigenvalue weighted by molar-refractivity contribution is 7.59. The molecule has 0 fully saturated rings. The van der Waals surface area contributed by atoms with E-state index in [1.54, 1.807) is 0 Å². The second kappa shape index (κ2) is 8.14. The SMILES string of the molecule is Cc1cccc(Nc2nc(Cl)nc(Cl)c2Cl)c1.O=S(=O)=O. The Hall–Kier alpha value is -1.41. The Kier molecular flexibility index (Phi) is 6.83. The van der Waals surface area contributed by atoms with Crippen molar-refractivity contribution in [3.05, 3.63) is 45.3 Å². The van der Waals surface area contributed by atoms with Crippen LogP contribution in [0.5, 0.6) is 0 Å². The molecule has 2 aromatic rings. The molecule has 112 valence electrons. The van der Waals surface area contributed by atoms with Crippen LogP contribution < -0.4 is 5.32 Å². The Morgan fingerprint density at radius 3 is 2.29 bits per heavy atom. The predicted molar refractivity (Wildman–Crippen MR) is 81.2 cm³/mol. The van der Waals surface area contributed by atoms with Gasteiger partial charge in [0.1, 0.15) is 5.02 Å². The Morgan fingerprint density at radius 1 is 1.10 bits per heavy atom. The van der Waals surface area contributed by atoms with Crippen LogP contribution in [-0.4, -0.2) is 22.6 Å². The standard InChI is InChI=1S/C11H8Cl3N3.O3S/c1-6-3-2-4-7(5-6)15-10-8(12)9(13)16-11(14)17-10;1-4(2)3/h2-5H,1H3,(H,15,16,17);. The van der Waals surface area contributed by atoms with Crippen LogP contribution in [-0.2, 0) is 10.6 Å². The molecule has 1 aromatic heterocycles. The van der Waals surface area contributed by atoms with Gasteiger partial charge in [-0.25, -0.2) is 4.98 Å². The summed E-state index contributed by atoms with van der Waals surface area (Å²) in [6.07, 6.45) is 0.